The van der Waals surface area contributed by atoms with Crippen molar-refractivity contribution < 1.29 is 9.50 Å². The van der Waals surface area contributed by atoms with Crippen molar-refractivity contribution in [3.05, 3.63) is 29.6 Å². The van der Waals surface area contributed by atoms with E-state index in [-0.39, 0.29) is 5.82 Å². The molecule has 2 rings (SSSR count). The van der Waals surface area contributed by atoms with Crippen LogP contribution >= 0.6 is 0 Å². The van der Waals surface area contributed by atoms with E-state index in [0.29, 0.717) is 17.3 Å². The molecule has 1 heterocycles. The molecule has 1 aliphatic rings. The molecule has 0 amide bonds. The average Bonchev–Trinajstić information content (AvgIpc) is 2.38. The lowest BCUT2D eigenvalue weighted by atomic mass is 10.0. The monoisotopic (exact) mass is 266 g/mol. The smallest absolute Gasteiger partial charge is 0.146 e. The summed E-state index contributed by atoms with van der Waals surface area (Å²) in [7, 11) is 4.14. The number of likely N-dealkylation sites (N-methyl/N-ethyl adjacent to an activating group) is 1. The highest BCUT2D eigenvalue weighted by Gasteiger charge is 2.23. The van der Waals surface area contributed by atoms with Crippen LogP contribution in [0.25, 0.3) is 0 Å². The molecule has 19 heavy (non-hydrogen) atoms. The van der Waals surface area contributed by atoms with Crippen LogP contribution < -0.4 is 4.90 Å². The molecule has 106 valence electrons. The molecule has 0 bridgehead atoms. The molecule has 1 unspecified atom stereocenters. The first-order valence-corrected chi connectivity index (χ1v) is 6.88. The molecular weight excluding hydrogens is 243 g/mol. The van der Waals surface area contributed by atoms with Gasteiger partial charge in [-0.15, -0.1) is 0 Å². The Labute approximate surface area is 114 Å². The van der Waals surface area contributed by atoms with Crippen LogP contribution in [0.4, 0.5) is 10.1 Å². The van der Waals surface area contributed by atoms with E-state index in [1.165, 1.54) is 6.07 Å². The van der Waals surface area contributed by atoms with Crippen LogP contribution in [0, 0.1) is 5.82 Å². The van der Waals surface area contributed by atoms with Crippen LogP contribution in [0.15, 0.2) is 18.2 Å². The third-order valence-electron chi connectivity index (χ3n) is 3.92. The minimum atomic E-state index is -0.626. The van der Waals surface area contributed by atoms with E-state index in [2.05, 4.69) is 23.9 Å². The molecule has 3 nitrogen and oxygen atoms in total. The van der Waals surface area contributed by atoms with Gasteiger partial charge in [-0.1, -0.05) is 6.07 Å². The average molecular weight is 266 g/mol. The molecule has 0 aromatic heterocycles. The fraction of sp³-hybridized carbons (Fsp3) is 0.600. The highest BCUT2D eigenvalue weighted by Crippen LogP contribution is 2.26. The van der Waals surface area contributed by atoms with Gasteiger partial charge in [-0.05, 0) is 51.6 Å². The first-order chi connectivity index (χ1) is 8.99. The van der Waals surface area contributed by atoms with Crippen LogP contribution in [-0.2, 0) is 0 Å². The number of benzene rings is 1. The van der Waals surface area contributed by atoms with Gasteiger partial charge in [0.1, 0.15) is 5.82 Å². The maximum absolute atomic E-state index is 14.2. The van der Waals surface area contributed by atoms with E-state index in [0.717, 1.165) is 25.9 Å². The van der Waals surface area contributed by atoms with E-state index in [4.69, 9.17) is 0 Å². The number of hydrogen-bond donors (Lipinski definition) is 1. The Kier molecular flexibility index (Phi) is 4.42. The summed E-state index contributed by atoms with van der Waals surface area (Å²) in [6.07, 6.45) is 1.62. The largest absolute Gasteiger partial charge is 0.389 e. The second-order valence-corrected chi connectivity index (χ2v) is 5.59. The summed E-state index contributed by atoms with van der Waals surface area (Å²) in [4.78, 5) is 4.31. The van der Waals surface area contributed by atoms with E-state index < -0.39 is 6.10 Å². The molecular formula is C15H23FN2O. The predicted octanol–water partition coefficient (Wildman–Crippen LogP) is 2.41. The zero-order chi connectivity index (χ0) is 14.0. The topological polar surface area (TPSA) is 26.7 Å². The number of aliphatic hydroxyl groups is 1. The molecule has 1 N–H and O–H groups in total. The third-order valence-corrected chi connectivity index (χ3v) is 3.92. The van der Waals surface area contributed by atoms with Crippen LogP contribution in [0.1, 0.15) is 31.4 Å². The van der Waals surface area contributed by atoms with E-state index in [1.807, 2.05) is 6.07 Å². The number of nitrogens with zero attached hydrogens (tertiary/aromatic N) is 2. The normalized spacial score (nSPS) is 21.8. The molecule has 0 spiro atoms. The molecule has 0 saturated carbocycles. The molecule has 1 fully saturated rings. The summed E-state index contributed by atoms with van der Waals surface area (Å²) in [6, 6.07) is 5.52. The molecule has 0 aliphatic carbocycles. The Balaban J connectivity index is 2.17. The Bertz CT molecular complexity index is 434. The van der Waals surface area contributed by atoms with Gasteiger partial charge in [0, 0.05) is 19.1 Å². The van der Waals surface area contributed by atoms with Gasteiger partial charge in [0.05, 0.1) is 11.8 Å². The Morgan fingerprint density at radius 2 is 2.16 bits per heavy atom. The van der Waals surface area contributed by atoms with E-state index >= 15 is 0 Å². The first-order valence-electron chi connectivity index (χ1n) is 6.88. The quantitative estimate of drug-likeness (QED) is 0.910. The fourth-order valence-corrected chi connectivity index (χ4v) is 2.63. The third kappa shape index (κ3) is 3.25. The molecule has 1 aromatic carbocycles. The second-order valence-electron chi connectivity index (χ2n) is 5.59. The first kappa shape index (κ1) is 14.3. The summed E-state index contributed by atoms with van der Waals surface area (Å²) in [5, 5.41) is 9.48. The zero-order valence-electron chi connectivity index (χ0n) is 11.9. The second kappa shape index (κ2) is 5.88. The lowest BCUT2D eigenvalue weighted by Gasteiger charge is -2.37. The number of halogens is 1. The molecule has 1 saturated heterocycles. The van der Waals surface area contributed by atoms with Gasteiger partial charge in [-0.3, -0.25) is 0 Å². The molecule has 2 atom stereocenters. The number of aliphatic hydroxyl groups excluding tert-OH is 1. The maximum atomic E-state index is 14.2. The van der Waals surface area contributed by atoms with Crippen molar-refractivity contribution in [3.63, 3.8) is 0 Å². The summed E-state index contributed by atoms with van der Waals surface area (Å²) < 4.78 is 14.2. The van der Waals surface area contributed by atoms with Crippen molar-refractivity contribution in [2.24, 2.45) is 0 Å². The van der Waals surface area contributed by atoms with Crippen LogP contribution in [0.5, 0.6) is 0 Å². The fourth-order valence-electron chi connectivity index (χ4n) is 2.63. The van der Waals surface area contributed by atoms with Gasteiger partial charge in [0.15, 0.2) is 0 Å². The van der Waals surface area contributed by atoms with Gasteiger partial charge in [-0.2, -0.15) is 0 Å². The van der Waals surface area contributed by atoms with E-state index in [1.54, 1.807) is 13.0 Å². The van der Waals surface area contributed by atoms with Crippen LogP contribution in [0.3, 0.4) is 0 Å². The summed E-state index contributed by atoms with van der Waals surface area (Å²) in [5.74, 6) is -0.238. The highest BCUT2D eigenvalue weighted by atomic mass is 19.1. The Morgan fingerprint density at radius 3 is 2.74 bits per heavy atom. The Morgan fingerprint density at radius 1 is 1.42 bits per heavy atom. The van der Waals surface area contributed by atoms with E-state index in [9.17, 15) is 9.50 Å². The molecule has 1 aliphatic heterocycles. The summed E-state index contributed by atoms with van der Waals surface area (Å²) in [5.41, 5.74) is 1.28. The van der Waals surface area contributed by atoms with Crippen molar-refractivity contribution in [2.45, 2.75) is 31.9 Å². The maximum Gasteiger partial charge on any atom is 0.146 e. The lowest BCUT2D eigenvalue weighted by Crippen LogP contribution is -2.45. The number of piperidine rings is 1. The van der Waals surface area contributed by atoms with Gasteiger partial charge in [-0.25, -0.2) is 4.39 Å². The van der Waals surface area contributed by atoms with Crippen molar-refractivity contribution in [2.75, 3.05) is 32.1 Å². The lowest BCUT2D eigenvalue weighted by molar-refractivity contribution is 0.199. The van der Waals surface area contributed by atoms with Crippen LogP contribution in [-0.4, -0.2) is 43.2 Å². The Hall–Kier alpha value is -1.13. The number of hydrogen-bond acceptors (Lipinski definition) is 3. The molecule has 4 heteroatoms. The van der Waals surface area contributed by atoms with Gasteiger partial charge in [0.2, 0.25) is 0 Å². The molecule has 1 aromatic rings. The van der Waals surface area contributed by atoms with Gasteiger partial charge >= 0.3 is 0 Å². The summed E-state index contributed by atoms with van der Waals surface area (Å²) in [6.45, 7) is 3.41. The van der Waals surface area contributed by atoms with Gasteiger partial charge in [0.25, 0.3) is 0 Å². The minimum Gasteiger partial charge on any atom is -0.389 e. The van der Waals surface area contributed by atoms with Crippen LogP contribution in [0.2, 0.25) is 0 Å². The van der Waals surface area contributed by atoms with Gasteiger partial charge < -0.3 is 14.9 Å². The van der Waals surface area contributed by atoms with Crippen molar-refractivity contribution >= 4 is 5.69 Å². The van der Waals surface area contributed by atoms with Crippen molar-refractivity contribution in [3.8, 4) is 0 Å². The van der Waals surface area contributed by atoms with Crippen molar-refractivity contribution in [1.29, 1.82) is 0 Å². The number of rotatable bonds is 3. The number of anilines is 1. The minimum absolute atomic E-state index is 0.238. The molecule has 0 radical (unpaired) electrons. The summed E-state index contributed by atoms with van der Waals surface area (Å²) >= 11 is 0. The van der Waals surface area contributed by atoms with Crippen molar-refractivity contribution in [1.82, 2.24) is 4.90 Å². The SMILES string of the molecule is C[C@H](O)c1ccc(N2CCCC(N(C)C)C2)c(F)c1. The highest BCUT2D eigenvalue weighted by molar-refractivity contribution is 5.50. The zero-order valence-corrected chi connectivity index (χ0v) is 11.9. The predicted molar refractivity (Wildman–Crippen MR) is 76.0 cm³/mol. The standard InChI is InChI=1S/C15H23FN2O/c1-11(19)12-6-7-15(14(16)9-12)18-8-4-5-13(10-18)17(2)3/h6-7,9,11,13,19H,4-5,8,10H2,1-3H3/t11-,13?/m0/s1.